The van der Waals surface area contributed by atoms with Crippen molar-refractivity contribution in [3.05, 3.63) is 58.4 Å². The SMILES string of the molecule is Cc1cc(Nc2cc3ccccc3c(-c3cscc3C)n2)n[nH]1. The molecule has 1 aromatic carbocycles. The Morgan fingerprint density at radius 2 is 1.91 bits per heavy atom. The average Bonchev–Trinajstić information content (AvgIpc) is 3.15. The molecule has 0 amide bonds. The number of fused-ring (bicyclic) bond motifs is 1. The van der Waals surface area contributed by atoms with E-state index in [2.05, 4.69) is 63.5 Å². The molecule has 5 heteroatoms. The third-order valence-corrected chi connectivity index (χ3v) is 4.67. The molecule has 0 aliphatic heterocycles. The number of aromatic nitrogens is 3. The van der Waals surface area contributed by atoms with Gasteiger partial charge in [0.05, 0.1) is 5.69 Å². The molecule has 0 fully saturated rings. The summed E-state index contributed by atoms with van der Waals surface area (Å²) in [5.41, 5.74) is 4.47. The molecule has 0 saturated heterocycles. The zero-order valence-electron chi connectivity index (χ0n) is 12.9. The molecule has 23 heavy (non-hydrogen) atoms. The molecule has 4 aromatic rings. The van der Waals surface area contributed by atoms with E-state index in [-0.39, 0.29) is 0 Å². The number of pyridine rings is 1. The summed E-state index contributed by atoms with van der Waals surface area (Å²) in [7, 11) is 0. The highest BCUT2D eigenvalue weighted by Gasteiger charge is 2.11. The Labute approximate surface area is 138 Å². The van der Waals surface area contributed by atoms with E-state index < -0.39 is 0 Å². The first-order chi connectivity index (χ1) is 11.2. The van der Waals surface area contributed by atoms with Crippen molar-refractivity contribution in [2.45, 2.75) is 13.8 Å². The Bertz CT molecular complexity index is 984. The zero-order chi connectivity index (χ0) is 15.8. The molecule has 0 unspecified atom stereocenters. The number of aryl methyl sites for hydroxylation is 2. The third-order valence-electron chi connectivity index (χ3n) is 3.81. The van der Waals surface area contributed by atoms with E-state index in [1.54, 1.807) is 11.3 Å². The van der Waals surface area contributed by atoms with Gasteiger partial charge in [0, 0.05) is 28.1 Å². The summed E-state index contributed by atoms with van der Waals surface area (Å²) in [6, 6.07) is 12.4. The fourth-order valence-electron chi connectivity index (χ4n) is 2.68. The van der Waals surface area contributed by atoms with Crippen LogP contribution in [-0.2, 0) is 0 Å². The Morgan fingerprint density at radius 1 is 1.04 bits per heavy atom. The molecule has 114 valence electrons. The number of hydrogen-bond acceptors (Lipinski definition) is 4. The van der Waals surface area contributed by atoms with E-state index in [4.69, 9.17) is 4.98 Å². The molecule has 0 aliphatic carbocycles. The molecule has 4 rings (SSSR count). The van der Waals surface area contributed by atoms with Crippen LogP contribution < -0.4 is 5.32 Å². The van der Waals surface area contributed by atoms with Crippen LogP contribution in [0.2, 0.25) is 0 Å². The Balaban J connectivity index is 1.88. The molecule has 0 spiro atoms. The quantitative estimate of drug-likeness (QED) is 0.555. The first-order valence-electron chi connectivity index (χ1n) is 7.43. The lowest BCUT2D eigenvalue weighted by atomic mass is 10.0. The van der Waals surface area contributed by atoms with E-state index in [1.807, 2.05) is 13.0 Å². The van der Waals surface area contributed by atoms with Crippen LogP contribution in [0, 0.1) is 13.8 Å². The molecule has 3 heterocycles. The third kappa shape index (κ3) is 2.59. The van der Waals surface area contributed by atoms with Gasteiger partial charge in [0.1, 0.15) is 5.82 Å². The van der Waals surface area contributed by atoms with Gasteiger partial charge < -0.3 is 5.32 Å². The van der Waals surface area contributed by atoms with Gasteiger partial charge in [0.2, 0.25) is 0 Å². The van der Waals surface area contributed by atoms with E-state index >= 15 is 0 Å². The monoisotopic (exact) mass is 320 g/mol. The minimum absolute atomic E-state index is 0.776. The molecular formula is C18H16N4S. The van der Waals surface area contributed by atoms with Gasteiger partial charge in [-0.3, -0.25) is 5.10 Å². The molecule has 0 radical (unpaired) electrons. The highest BCUT2D eigenvalue weighted by Crippen LogP contribution is 2.33. The van der Waals surface area contributed by atoms with Gasteiger partial charge in [-0.1, -0.05) is 24.3 Å². The lowest BCUT2D eigenvalue weighted by molar-refractivity contribution is 1.05. The van der Waals surface area contributed by atoms with Crippen molar-refractivity contribution in [3.8, 4) is 11.3 Å². The van der Waals surface area contributed by atoms with Gasteiger partial charge in [0.15, 0.2) is 5.82 Å². The van der Waals surface area contributed by atoms with E-state index in [0.29, 0.717) is 0 Å². The summed E-state index contributed by atoms with van der Waals surface area (Å²) >= 11 is 1.71. The van der Waals surface area contributed by atoms with Gasteiger partial charge in [0.25, 0.3) is 0 Å². The standard InChI is InChI=1S/C18H16N4S/c1-11-9-23-10-15(11)18-14-6-4-3-5-13(14)8-16(20-18)19-17-7-12(2)21-22-17/h3-10H,1-2H3,(H2,19,20,21,22). The Kier molecular flexibility index (Phi) is 3.35. The van der Waals surface area contributed by atoms with Crippen LogP contribution in [-0.4, -0.2) is 15.2 Å². The highest BCUT2D eigenvalue weighted by atomic mass is 32.1. The predicted octanol–water partition coefficient (Wildman–Crippen LogP) is 5.05. The highest BCUT2D eigenvalue weighted by molar-refractivity contribution is 7.08. The summed E-state index contributed by atoms with van der Waals surface area (Å²) in [4.78, 5) is 4.85. The second kappa shape index (κ2) is 5.52. The number of aromatic amines is 1. The van der Waals surface area contributed by atoms with Crippen LogP contribution in [0.1, 0.15) is 11.3 Å². The summed E-state index contributed by atoms with van der Waals surface area (Å²) in [5.74, 6) is 1.58. The van der Waals surface area contributed by atoms with E-state index in [1.165, 1.54) is 11.1 Å². The van der Waals surface area contributed by atoms with Crippen LogP contribution in [0.15, 0.2) is 47.2 Å². The van der Waals surface area contributed by atoms with Crippen LogP contribution >= 0.6 is 11.3 Å². The van der Waals surface area contributed by atoms with Gasteiger partial charge in [-0.15, -0.1) is 0 Å². The lowest BCUT2D eigenvalue weighted by Crippen LogP contribution is -1.96. The fourth-order valence-corrected chi connectivity index (χ4v) is 3.52. The largest absolute Gasteiger partial charge is 0.323 e. The maximum absolute atomic E-state index is 4.85. The van der Waals surface area contributed by atoms with Gasteiger partial charge >= 0.3 is 0 Å². The maximum Gasteiger partial charge on any atom is 0.153 e. The van der Waals surface area contributed by atoms with Crippen LogP contribution in [0.4, 0.5) is 11.6 Å². The first kappa shape index (κ1) is 14.0. The zero-order valence-corrected chi connectivity index (χ0v) is 13.7. The van der Waals surface area contributed by atoms with Crippen LogP contribution in [0.3, 0.4) is 0 Å². The number of thiophene rings is 1. The normalized spacial score (nSPS) is 11.0. The molecule has 2 N–H and O–H groups in total. The van der Waals surface area contributed by atoms with E-state index in [0.717, 1.165) is 33.8 Å². The summed E-state index contributed by atoms with van der Waals surface area (Å²) < 4.78 is 0. The van der Waals surface area contributed by atoms with E-state index in [9.17, 15) is 0 Å². The number of anilines is 2. The second-order valence-electron chi connectivity index (χ2n) is 5.61. The smallest absolute Gasteiger partial charge is 0.153 e. The summed E-state index contributed by atoms with van der Waals surface area (Å²) in [6.07, 6.45) is 0. The molecular weight excluding hydrogens is 304 g/mol. The number of rotatable bonds is 3. The van der Waals surface area contributed by atoms with Crippen molar-refractivity contribution in [1.82, 2.24) is 15.2 Å². The molecule has 0 bridgehead atoms. The fraction of sp³-hybridized carbons (Fsp3) is 0.111. The summed E-state index contributed by atoms with van der Waals surface area (Å²) in [6.45, 7) is 4.10. The van der Waals surface area contributed by atoms with Crippen molar-refractivity contribution in [2.24, 2.45) is 0 Å². The predicted molar refractivity (Wildman–Crippen MR) is 96.4 cm³/mol. The van der Waals surface area contributed by atoms with Crippen molar-refractivity contribution < 1.29 is 0 Å². The van der Waals surface area contributed by atoms with Crippen molar-refractivity contribution >= 4 is 33.7 Å². The van der Waals surface area contributed by atoms with Crippen LogP contribution in [0.5, 0.6) is 0 Å². The average molecular weight is 320 g/mol. The lowest BCUT2D eigenvalue weighted by Gasteiger charge is -2.10. The van der Waals surface area contributed by atoms with Gasteiger partial charge in [-0.25, -0.2) is 4.98 Å². The maximum atomic E-state index is 4.85. The minimum atomic E-state index is 0.776. The van der Waals surface area contributed by atoms with Crippen molar-refractivity contribution in [1.29, 1.82) is 0 Å². The van der Waals surface area contributed by atoms with Crippen molar-refractivity contribution in [2.75, 3.05) is 5.32 Å². The van der Waals surface area contributed by atoms with Gasteiger partial charge in [-0.05, 0) is 36.2 Å². The molecule has 0 saturated carbocycles. The second-order valence-corrected chi connectivity index (χ2v) is 6.35. The van der Waals surface area contributed by atoms with Crippen LogP contribution in [0.25, 0.3) is 22.0 Å². The molecule has 0 atom stereocenters. The molecule has 3 aromatic heterocycles. The topological polar surface area (TPSA) is 53.6 Å². The number of benzene rings is 1. The first-order valence-corrected chi connectivity index (χ1v) is 8.37. The number of H-pyrrole nitrogens is 1. The number of nitrogens with zero attached hydrogens (tertiary/aromatic N) is 2. The van der Waals surface area contributed by atoms with Crippen molar-refractivity contribution in [3.63, 3.8) is 0 Å². The van der Waals surface area contributed by atoms with Gasteiger partial charge in [-0.2, -0.15) is 16.4 Å². The molecule has 4 nitrogen and oxygen atoms in total. The Hall–Kier alpha value is -2.66. The summed E-state index contributed by atoms with van der Waals surface area (Å²) in [5, 5.41) is 17.1. The number of hydrogen-bond donors (Lipinski definition) is 2. The molecule has 0 aliphatic rings. The number of nitrogens with one attached hydrogen (secondary N) is 2. The Morgan fingerprint density at radius 3 is 2.65 bits per heavy atom. The minimum Gasteiger partial charge on any atom is -0.323 e.